The Bertz CT molecular complexity index is 1050. The van der Waals surface area contributed by atoms with Crippen LogP contribution in [0.1, 0.15) is 10.5 Å². The number of anilines is 1. The minimum absolute atomic E-state index is 0.111. The van der Waals surface area contributed by atoms with Crippen LogP contribution in [0.3, 0.4) is 0 Å². The molecule has 2 N–H and O–H groups in total. The highest BCUT2D eigenvalue weighted by Gasteiger charge is 2.17. The lowest BCUT2D eigenvalue weighted by atomic mass is 10.2. The number of halogens is 1. The number of hydrogen-bond acceptors (Lipinski definition) is 4. The van der Waals surface area contributed by atoms with Crippen LogP contribution < -0.4 is 4.72 Å². The molecule has 0 fully saturated rings. The second-order valence-corrected chi connectivity index (χ2v) is 6.62. The Hall–Kier alpha value is -3.00. The van der Waals surface area contributed by atoms with E-state index in [0.717, 1.165) is 12.1 Å². The van der Waals surface area contributed by atoms with Gasteiger partial charge in [-0.1, -0.05) is 24.3 Å². The van der Waals surface area contributed by atoms with Crippen LogP contribution in [-0.2, 0) is 10.0 Å². The van der Waals surface area contributed by atoms with Crippen molar-refractivity contribution >= 4 is 32.6 Å². The van der Waals surface area contributed by atoms with E-state index in [1.807, 2.05) is 0 Å². The number of para-hydroxylation sites is 1. The summed E-state index contributed by atoms with van der Waals surface area (Å²) in [4.78, 5) is 14.8. The molecule has 1 heterocycles. The van der Waals surface area contributed by atoms with Gasteiger partial charge < -0.3 is 5.11 Å². The van der Waals surface area contributed by atoms with Crippen molar-refractivity contribution in [1.29, 1.82) is 0 Å². The number of pyridine rings is 1. The van der Waals surface area contributed by atoms with Crippen molar-refractivity contribution in [2.75, 3.05) is 4.72 Å². The summed E-state index contributed by atoms with van der Waals surface area (Å²) in [5, 5.41) is 9.60. The van der Waals surface area contributed by atoms with Crippen LogP contribution in [-0.4, -0.2) is 24.5 Å². The van der Waals surface area contributed by atoms with Crippen LogP contribution in [0.15, 0.2) is 59.5 Å². The summed E-state index contributed by atoms with van der Waals surface area (Å²) in [7, 11) is -4.04. The molecule has 0 aliphatic rings. The van der Waals surface area contributed by atoms with Gasteiger partial charge in [-0.2, -0.15) is 0 Å². The van der Waals surface area contributed by atoms with Crippen molar-refractivity contribution in [2.45, 2.75) is 4.90 Å². The molecule has 24 heavy (non-hydrogen) atoms. The largest absolute Gasteiger partial charge is 0.477 e. The van der Waals surface area contributed by atoms with Gasteiger partial charge in [0.05, 0.1) is 16.1 Å². The van der Waals surface area contributed by atoms with Crippen LogP contribution in [0.4, 0.5) is 10.1 Å². The first-order chi connectivity index (χ1) is 11.4. The summed E-state index contributed by atoms with van der Waals surface area (Å²) in [6.07, 6.45) is 0. The minimum Gasteiger partial charge on any atom is -0.477 e. The van der Waals surface area contributed by atoms with E-state index >= 15 is 0 Å². The Kier molecular flexibility index (Phi) is 3.90. The zero-order chi connectivity index (χ0) is 17.3. The smallest absolute Gasteiger partial charge is 0.354 e. The molecule has 122 valence electrons. The van der Waals surface area contributed by atoms with E-state index in [-0.39, 0.29) is 21.8 Å². The van der Waals surface area contributed by atoms with Crippen LogP contribution in [0.2, 0.25) is 0 Å². The van der Waals surface area contributed by atoms with Crippen molar-refractivity contribution in [3.8, 4) is 0 Å². The number of carboxylic acid groups (broad SMARTS) is 1. The summed E-state index contributed by atoms with van der Waals surface area (Å²) < 4.78 is 40.4. The van der Waals surface area contributed by atoms with Crippen molar-refractivity contribution in [1.82, 2.24) is 4.98 Å². The highest BCUT2D eigenvalue weighted by molar-refractivity contribution is 7.92. The number of carboxylic acids is 1. The van der Waals surface area contributed by atoms with E-state index in [2.05, 4.69) is 9.71 Å². The number of nitrogens with one attached hydrogen (secondary N) is 1. The van der Waals surface area contributed by atoms with Gasteiger partial charge in [0.2, 0.25) is 0 Å². The molecule has 0 bridgehead atoms. The van der Waals surface area contributed by atoms with E-state index in [4.69, 9.17) is 5.11 Å². The predicted molar refractivity (Wildman–Crippen MR) is 85.9 cm³/mol. The van der Waals surface area contributed by atoms with Crippen LogP contribution >= 0.6 is 0 Å². The number of fused-ring (bicyclic) bond motifs is 1. The standard InChI is InChI=1S/C16H11FN2O4S/c17-11-4-2-5-12(9-11)24(22,23)19-13-6-1-3-10-7-8-14(16(20)21)18-15(10)13/h1-9,19H,(H,20,21). The van der Waals surface area contributed by atoms with E-state index in [9.17, 15) is 17.6 Å². The lowest BCUT2D eigenvalue weighted by Crippen LogP contribution is -2.14. The maximum atomic E-state index is 13.3. The molecule has 1 aromatic heterocycles. The lowest BCUT2D eigenvalue weighted by Gasteiger charge is -2.10. The fraction of sp³-hybridized carbons (Fsp3) is 0. The number of benzene rings is 2. The van der Waals surface area contributed by atoms with Crippen molar-refractivity contribution in [3.05, 3.63) is 66.1 Å². The fourth-order valence-corrected chi connectivity index (χ4v) is 3.28. The van der Waals surface area contributed by atoms with Crippen LogP contribution in [0.5, 0.6) is 0 Å². The van der Waals surface area contributed by atoms with E-state index < -0.39 is 21.8 Å². The second-order valence-electron chi connectivity index (χ2n) is 4.94. The summed E-state index contributed by atoms with van der Waals surface area (Å²) in [6, 6.07) is 12.2. The molecule has 0 aliphatic heterocycles. The molecule has 0 unspecified atom stereocenters. The summed E-state index contributed by atoms with van der Waals surface area (Å²) in [5.41, 5.74) is 0.0946. The Morgan fingerprint density at radius 2 is 1.83 bits per heavy atom. The molecule has 0 radical (unpaired) electrons. The fourth-order valence-electron chi connectivity index (χ4n) is 2.19. The molecule has 0 saturated heterocycles. The molecule has 3 aromatic rings. The normalized spacial score (nSPS) is 11.4. The van der Waals surface area contributed by atoms with Gasteiger partial charge in [0, 0.05) is 5.39 Å². The molecule has 0 saturated carbocycles. The molecular formula is C16H11FN2O4S. The third-order valence-corrected chi connectivity index (χ3v) is 4.65. The van der Waals surface area contributed by atoms with Crippen LogP contribution in [0.25, 0.3) is 10.9 Å². The Morgan fingerprint density at radius 1 is 1.08 bits per heavy atom. The molecule has 0 aliphatic carbocycles. The highest BCUT2D eigenvalue weighted by atomic mass is 32.2. The Balaban J connectivity index is 2.09. The maximum absolute atomic E-state index is 13.3. The number of hydrogen-bond donors (Lipinski definition) is 2. The molecular weight excluding hydrogens is 335 g/mol. The van der Waals surface area contributed by atoms with Crippen molar-refractivity contribution in [2.24, 2.45) is 0 Å². The Morgan fingerprint density at radius 3 is 2.54 bits per heavy atom. The van der Waals surface area contributed by atoms with Gasteiger partial charge >= 0.3 is 5.97 Å². The number of sulfonamides is 1. The third kappa shape index (κ3) is 3.04. The maximum Gasteiger partial charge on any atom is 0.354 e. The Labute approximate surface area is 136 Å². The SMILES string of the molecule is O=C(O)c1ccc2cccc(NS(=O)(=O)c3cccc(F)c3)c2n1. The monoisotopic (exact) mass is 346 g/mol. The summed E-state index contributed by atoms with van der Waals surface area (Å²) in [6.45, 7) is 0. The first-order valence-electron chi connectivity index (χ1n) is 6.78. The first-order valence-corrected chi connectivity index (χ1v) is 8.26. The van der Waals surface area contributed by atoms with Gasteiger partial charge in [0.1, 0.15) is 11.5 Å². The number of nitrogens with zero attached hydrogens (tertiary/aromatic N) is 1. The molecule has 2 aromatic carbocycles. The second kappa shape index (κ2) is 5.89. The number of carbonyl (C=O) groups is 1. The predicted octanol–water partition coefficient (Wildman–Crippen LogP) is 2.87. The zero-order valence-electron chi connectivity index (χ0n) is 12.1. The molecule has 0 amide bonds. The lowest BCUT2D eigenvalue weighted by molar-refractivity contribution is 0.0691. The molecule has 8 heteroatoms. The van der Waals surface area contributed by atoms with E-state index in [0.29, 0.717) is 5.39 Å². The van der Waals surface area contributed by atoms with Gasteiger partial charge in [-0.15, -0.1) is 0 Å². The topological polar surface area (TPSA) is 96.4 Å². The number of rotatable bonds is 4. The van der Waals surface area contributed by atoms with Gasteiger partial charge in [0.15, 0.2) is 0 Å². The number of aromatic nitrogens is 1. The highest BCUT2D eigenvalue weighted by Crippen LogP contribution is 2.25. The van der Waals surface area contributed by atoms with Gasteiger partial charge in [-0.05, 0) is 30.3 Å². The zero-order valence-corrected chi connectivity index (χ0v) is 12.9. The van der Waals surface area contributed by atoms with Crippen molar-refractivity contribution in [3.63, 3.8) is 0 Å². The average Bonchev–Trinajstić information content (AvgIpc) is 2.54. The van der Waals surface area contributed by atoms with Crippen molar-refractivity contribution < 1.29 is 22.7 Å². The first kappa shape index (κ1) is 15.9. The quantitative estimate of drug-likeness (QED) is 0.757. The molecule has 0 atom stereocenters. The summed E-state index contributed by atoms with van der Waals surface area (Å²) in [5.74, 6) is -1.90. The molecule has 6 nitrogen and oxygen atoms in total. The average molecular weight is 346 g/mol. The summed E-state index contributed by atoms with van der Waals surface area (Å²) >= 11 is 0. The minimum atomic E-state index is -4.04. The number of aromatic carboxylic acids is 1. The third-order valence-electron chi connectivity index (χ3n) is 3.29. The molecule has 0 spiro atoms. The van der Waals surface area contributed by atoms with Gasteiger partial charge in [-0.3, -0.25) is 4.72 Å². The van der Waals surface area contributed by atoms with E-state index in [1.165, 1.54) is 30.3 Å². The van der Waals surface area contributed by atoms with E-state index in [1.54, 1.807) is 12.1 Å². The van der Waals surface area contributed by atoms with Crippen LogP contribution in [0, 0.1) is 5.82 Å². The van der Waals surface area contributed by atoms with Gasteiger partial charge in [0.25, 0.3) is 10.0 Å². The van der Waals surface area contributed by atoms with Gasteiger partial charge in [-0.25, -0.2) is 22.6 Å². The molecule has 3 rings (SSSR count).